The van der Waals surface area contributed by atoms with E-state index in [9.17, 15) is 5.21 Å². The van der Waals surface area contributed by atoms with Gasteiger partial charge < -0.3 is 15.0 Å². The molecule has 20 heavy (non-hydrogen) atoms. The Kier molecular flexibility index (Phi) is 3.38. The van der Waals surface area contributed by atoms with Gasteiger partial charge in [0.25, 0.3) is 0 Å². The first kappa shape index (κ1) is 13.0. The van der Waals surface area contributed by atoms with Crippen molar-refractivity contribution < 1.29 is 5.21 Å². The molecule has 3 aliphatic heterocycles. The van der Waals surface area contributed by atoms with E-state index < -0.39 is 0 Å². The molecule has 3 aliphatic rings. The van der Waals surface area contributed by atoms with Gasteiger partial charge in [0.15, 0.2) is 0 Å². The lowest BCUT2D eigenvalue weighted by Crippen LogP contribution is -2.46. The van der Waals surface area contributed by atoms with E-state index in [0.29, 0.717) is 5.92 Å². The fourth-order valence-electron chi connectivity index (χ4n) is 3.09. The van der Waals surface area contributed by atoms with Crippen molar-refractivity contribution in [1.29, 1.82) is 0 Å². The summed E-state index contributed by atoms with van der Waals surface area (Å²) in [5.74, 6) is 0.428. The maximum atomic E-state index is 9.29. The summed E-state index contributed by atoms with van der Waals surface area (Å²) >= 11 is 0. The lowest BCUT2D eigenvalue weighted by molar-refractivity contribution is 0.229. The normalized spacial score (nSPS) is 22.8. The maximum Gasteiger partial charge on any atom is 0.106 e. The standard InChI is InChI=1S/C16H21N3O/c1-18(2)14-5-3-12(4-6-14)11-15-16(17-20)13-7-9-19(15)10-8-13/h3-6,11,13,20H,7-10H2,1-2H3/b15-11-,17-16?. The van der Waals surface area contributed by atoms with Crippen molar-refractivity contribution in [3.8, 4) is 0 Å². The lowest BCUT2D eigenvalue weighted by atomic mass is 9.83. The molecule has 0 spiro atoms. The van der Waals surface area contributed by atoms with E-state index in [0.717, 1.165) is 42.9 Å². The lowest BCUT2D eigenvalue weighted by Gasteiger charge is -2.42. The van der Waals surface area contributed by atoms with Gasteiger partial charge in [0.05, 0.1) is 5.70 Å². The minimum atomic E-state index is 0.428. The number of anilines is 1. The average Bonchev–Trinajstić information content (AvgIpc) is 2.49. The van der Waals surface area contributed by atoms with Crippen LogP contribution in [0.4, 0.5) is 5.69 Å². The third-order valence-electron chi connectivity index (χ3n) is 4.31. The quantitative estimate of drug-likeness (QED) is 0.664. The van der Waals surface area contributed by atoms with Gasteiger partial charge >= 0.3 is 0 Å². The van der Waals surface area contributed by atoms with Crippen molar-refractivity contribution in [3.05, 3.63) is 35.5 Å². The van der Waals surface area contributed by atoms with Crippen LogP contribution in [0.5, 0.6) is 0 Å². The zero-order valence-corrected chi connectivity index (χ0v) is 12.1. The number of rotatable bonds is 2. The monoisotopic (exact) mass is 271 g/mol. The van der Waals surface area contributed by atoms with Crippen LogP contribution in [0.3, 0.4) is 0 Å². The van der Waals surface area contributed by atoms with Crippen molar-refractivity contribution >= 4 is 17.5 Å². The third-order valence-corrected chi connectivity index (χ3v) is 4.31. The molecule has 1 aromatic carbocycles. The summed E-state index contributed by atoms with van der Waals surface area (Å²) in [6, 6.07) is 8.44. The van der Waals surface area contributed by atoms with E-state index in [2.05, 4.69) is 45.3 Å². The molecule has 106 valence electrons. The van der Waals surface area contributed by atoms with Gasteiger partial charge in [-0.1, -0.05) is 17.3 Å². The van der Waals surface area contributed by atoms with Crippen molar-refractivity contribution in [1.82, 2.24) is 4.90 Å². The third kappa shape index (κ3) is 2.26. The molecule has 1 N–H and O–H groups in total. The highest BCUT2D eigenvalue weighted by Crippen LogP contribution is 2.33. The van der Waals surface area contributed by atoms with Crippen molar-refractivity contribution in [3.63, 3.8) is 0 Å². The summed E-state index contributed by atoms with van der Waals surface area (Å²) in [6.07, 6.45) is 4.35. The van der Waals surface area contributed by atoms with Gasteiger partial charge in [-0.3, -0.25) is 0 Å². The number of benzene rings is 1. The van der Waals surface area contributed by atoms with E-state index >= 15 is 0 Å². The minimum Gasteiger partial charge on any atom is -0.411 e. The smallest absolute Gasteiger partial charge is 0.106 e. The Morgan fingerprint density at radius 3 is 2.40 bits per heavy atom. The fraction of sp³-hybridized carbons (Fsp3) is 0.438. The van der Waals surface area contributed by atoms with Crippen LogP contribution in [0.15, 0.2) is 35.1 Å². The summed E-state index contributed by atoms with van der Waals surface area (Å²) in [7, 11) is 4.07. The molecule has 4 nitrogen and oxygen atoms in total. The minimum absolute atomic E-state index is 0.428. The van der Waals surface area contributed by atoms with E-state index in [4.69, 9.17) is 0 Å². The summed E-state index contributed by atoms with van der Waals surface area (Å²) in [5, 5.41) is 12.8. The average molecular weight is 271 g/mol. The summed E-state index contributed by atoms with van der Waals surface area (Å²) in [5.41, 5.74) is 4.29. The molecule has 0 aromatic heterocycles. The van der Waals surface area contributed by atoms with Gasteiger partial charge in [-0.25, -0.2) is 0 Å². The van der Waals surface area contributed by atoms with E-state index in [1.165, 1.54) is 5.69 Å². The first-order chi connectivity index (χ1) is 9.69. The molecule has 0 unspecified atom stereocenters. The van der Waals surface area contributed by atoms with E-state index in [-0.39, 0.29) is 0 Å². The first-order valence-corrected chi connectivity index (χ1v) is 7.15. The molecule has 3 heterocycles. The van der Waals surface area contributed by atoms with Gasteiger partial charge in [0.2, 0.25) is 0 Å². The predicted octanol–water partition coefficient (Wildman–Crippen LogP) is 2.65. The number of allylic oxidation sites excluding steroid dienone is 1. The van der Waals surface area contributed by atoms with Crippen LogP contribution in [0, 0.1) is 5.92 Å². The molecule has 2 bridgehead atoms. The van der Waals surface area contributed by atoms with Crippen LogP contribution in [0.25, 0.3) is 6.08 Å². The van der Waals surface area contributed by atoms with Gasteiger partial charge in [-0.05, 0) is 36.6 Å². The Morgan fingerprint density at radius 1 is 1.20 bits per heavy atom. The molecular formula is C16H21N3O. The molecular weight excluding hydrogens is 250 g/mol. The van der Waals surface area contributed by atoms with Gasteiger partial charge in [0, 0.05) is 38.8 Å². The highest BCUT2D eigenvalue weighted by Gasteiger charge is 2.35. The number of nitrogens with zero attached hydrogens (tertiary/aromatic N) is 3. The van der Waals surface area contributed by atoms with Crippen molar-refractivity contribution in [2.45, 2.75) is 12.8 Å². The number of hydrogen-bond donors (Lipinski definition) is 1. The molecule has 3 fully saturated rings. The number of piperidine rings is 3. The van der Waals surface area contributed by atoms with Gasteiger partial charge in [-0.15, -0.1) is 0 Å². The molecule has 3 saturated heterocycles. The Bertz CT molecular complexity index is 537. The van der Waals surface area contributed by atoms with Crippen LogP contribution < -0.4 is 4.90 Å². The van der Waals surface area contributed by atoms with Crippen LogP contribution in [0.1, 0.15) is 18.4 Å². The second kappa shape index (κ2) is 5.19. The van der Waals surface area contributed by atoms with Crippen LogP contribution in [0.2, 0.25) is 0 Å². The SMILES string of the molecule is CN(C)c1ccc(/C=C2/C(=NO)C3CCN2CC3)cc1. The van der Waals surface area contributed by atoms with E-state index in [1.54, 1.807) is 0 Å². The molecule has 0 atom stereocenters. The Morgan fingerprint density at radius 2 is 1.85 bits per heavy atom. The number of oxime groups is 1. The van der Waals surface area contributed by atoms with Gasteiger partial charge in [-0.2, -0.15) is 0 Å². The predicted molar refractivity (Wildman–Crippen MR) is 82.3 cm³/mol. The summed E-state index contributed by atoms with van der Waals surface area (Å²) < 4.78 is 0. The van der Waals surface area contributed by atoms with Gasteiger partial charge in [0.1, 0.15) is 5.71 Å². The van der Waals surface area contributed by atoms with Crippen molar-refractivity contribution in [2.24, 2.45) is 11.1 Å². The molecule has 1 aromatic rings. The fourth-order valence-corrected chi connectivity index (χ4v) is 3.09. The Balaban J connectivity index is 1.90. The molecule has 4 heteroatoms. The highest BCUT2D eigenvalue weighted by atomic mass is 16.4. The van der Waals surface area contributed by atoms with Crippen LogP contribution >= 0.6 is 0 Å². The number of fused-ring (bicyclic) bond motifs is 3. The Labute approximate surface area is 120 Å². The molecule has 4 rings (SSSR count). The molecule has 0 radical (unpaired) electrons. The Hall–Kier alpha value is -1.97. The molecule has 0 aliphatic carbocycles. The van der Waals surface area contributed by atoms with E-state index in [1.807, 2.05) is 14.1 Å². The van der Waals surface area contributed by atoms with Crippen molar-refractivity contribution in [2.75, 3.05) is 32.1 Å². The topological polar surface area (TPSA) is 39.1 Å². The largest absolute Gasteiger partial charge is 0.411 e. The van der Waals surface area contributed by atoms with Crippen LogP contribution in [-0.4, -0.2) is 43.0 Å². The zero-order chi connectivity index (χ0) is 14.1. The summed E-state index contributed by atoms with van der Waals surface area (Å²) in [6.45, 7) is 2.15. The molecule has 0 amide bonds. The highest BCUT2D eigenvalue weighted by molar-refractivity contribution is 6.05. The first-order valence-electron chi connectivity index (χ1n) is 7.15. The zero-order valence-electron chi connectivity index (χ0n) is 12.1. The number of hydrogen-bond acceptors (Lipinski definition) is 4. The molecule has 0 saturated carbocycles. The van der Waals surface area contributed by atoms with Crippen LogP contribution in [-0.2, 0) is 0 Å². The summed E-state index contributed by atoms with van der Waals surface area (Å²) in [4.78, 5) is 4.42. The second-order valence-electron chi connectivity index (χ2n) is 5.76. The second-order valence-corrected chi connectivity index (χ2v) is 5.76. The maximum absolute atomic E-state index is 9.29.